The number of anilines is 4. The van der Waals surface area contributed by atoms with Crippen molar-refractivity contribution in [2.24, 2.45) is 0 Å². The van der Waals surface area contributed by atoms with E-state index in [0.717, 1.165) is 35.0 Å². The number of aryl methyl sites for hydroxylation is 1. The first-order chi connectivity index (χ1) is 14.7. The molecule has 0 bridgehead atoms. The molecule has 8 heteroatoms. The number of hydrogen-bond donors (Lipinski definition) is 1. The zero-order valence-corrected chi connectivity index (χ0v) is 16.0. The minimum absolute atomic E-state index is 0.143. The van der Waals surface area contributed by atoms with Crippen molar-refractivity contribution in [3.8, 4) is 0 Å². The number of nitrogens with one attached hydrogen (secondary N) is 1. The van der Waals surface area contributed by atoms with E-state index in [4.69, 9.17) is 0 Å². The van der Waals surface area contributed by atoms with Crippen LogP contribution in [0.5, 0.6) is 0 Å². The lowest BCUT2D eigenvalue weighted by molar-refractivity contribution is -0.383. The molecule has 0 fully saturated rings. The van der Waals surface area contributed by atoms with Gasteiger partial charge in [-0.05, 0) is 48.7 Å². The molecule has 1 N–H and O–H groups in total. The quantitative estimate of drug-likeness (QED) is 0.391. The summed E-state index contributed by atoms with van der Waals surface area (Å²) in [5.41, 5.74) is 3.46. The Kier molecular flexibility index (Phi) is 4.44. The van der Waals surface area contributed by atoms with Gasteiger partial charge >= 0.3 is 5.69 Å². The maximum absolute atomic E-state index is 12.1. The fourth-order valence-corrected chi connectivity index (χ4v) is 3.92. The van der Waals surface area contributed by atoms with Crippen molar-refractivity contribution >= 4 is 39.6 Å². The number of nitrogens with zero attached hydrogens (tertiary/aromatic N) is 5. The molecule has 148 valence electrons. The third kappa shape index (κ3) is 3.08. The second-order valence-corrected chi connectivity index (χ2v) is 7.04. The SMILES string of the molecule is O=[N+]([O-])c1c(Nc2cccc3ncccc23)ncnc1N1CCCc2ccccc21. The number of fused-ring (bicyclic) bond motifs is 2. The first kappa shape index (κ1) is 18.0. The van der Waals surface area contributed by atoms with Gasteiger partial charge in [-0.25, -0.2) is 9.97 Å². The Morgan fingerprint density at radius 2 is 1.90 bits per heavy atom. The molecule has 0 saturated heterocycles. The van der Waals surface area contributed by atoms with Gasteiger partial charge in [0, 0.05) is 29.5 Å². The number of rotatable bonds is 4. The van der Waals surface area contributed by atoms with Crippen molar-refractivity contribution in [2.45, 2.75) is 12.8 Å². The van der Waals surface area contributed by atoms with E-state index in [-0.39, 0.29) is 11.5 Å². The molecule has 3 heterocycles. The molecular formula is C22H18N6O2. The Morgan fingerprint density at radius 3 is 2.80 bits per heavy atom. The molecular weight excluding hydrogens is 380 g/mol. The smallest absolute Gasteiger partial charge is 0.334 e. The highest BCUT2D eigenvalue weighted by molar-refractivity contribution is 5.94. The van der Waals surface area contributed by atoms with Gasteiger partial charge < -0.3 is 10.2 Å². The van der Waals surface area contributed by atoms with Crippen LogP contribution in [0.4, 0.5) is 28.7 Å². The van der Waals surface area contributed by atoms with E-state index in [1.54, 1.807) is 6.20 Å². The summed E-state index contributed by atoms with van der Waals surface area (Å²) in [7, 11) is 0. The molecule has 5 rings (SSSR count). The van der Waals surface area contributed by atoms with Crippen LogP contribution < -0.4 is 10.2 Å². The van der Waals surface area contributed by atoms with E-state index in [0.29, 0.717) is 18.1 Å². The van der Waals surface area contributed by atoms with Gasteiger partial charge in [-0.2, -0.15) is 0 Å². The van der Waals surface area contributed by atoms with Crippen molar-refractivity contribution in [1.29, 1.82) is 0 Å². The molecule has 0 amide bonds. The molecule has 0 unspecified atom stereocenters. The number of pyridine rings is 1. The zero-order chi connectivity index (χ0) is 20.5. The monoisotopic (exact) mass is 398 g/mol. The highest BCUT2D eigenvalue weighted by Gasteiger charge is 2.30. The molecule has 8 nitrogen and oxygen atoms in total. The summed E-state index contributed by atoms with van der Waals surface area (Å²) in [6.07, 6.45) is 4.92. The average molecular weight is 398 g/mol. The van der Waals surface area contributed by atoms with Crippen molar-refractivity contribution in [1.82, 2.24) is 15.0 Å². The summed E-state index contributed by atoms with van der Waals surface area (Å²) < 4.78 is 0. The van der Waals surface area contributed by atoms with Gasteiger partial charge in [0.1, 0.15) is 6.33 Å². The van der Waals surface area contributed by atoms with E-state index in [1.807, 2.05) is 53.4 Å². The van der Waals surface area contributed by atoms with Crippen LogP contribution in [0, 0.1) is 10.1 Å². The largest absolute Gasteiger partial charge is 0.354 e. The number of hydrogen-bond acceptors (Lipinski definition) is 7. The summed E-state index contributed by atoms with van der Waals surface area (Å²) >= 11 is 0. The molecule has 0 atom stereocenters. The van der Waals surface area contributed by atoms with Crippen LogP contribution in [-0.4, -0.2) is 26.4 Å². The Morgan fingerprint density at radius 1 is 1.00 bits per heavy atom. The van der Waals surface area contributed by atoms with Crippen molar-refractivity contribution < 1.29 is 4.92 Å². The minimum Gasteiger partial charge on any atom is -0.334 e. The molecule has 30 heavy (non-hydrogen) atoms. The topological polar surface area (TPSA) is 97.1 Å². The van der Waals surface area contributed by atoms with Gasteiger partial charge in [0.25, 0.3) is 0 Å². The molecule has 2 aromatic carbocycles. The summed E-state index contributed by atoms with van der Waals surface area (Å²) in [4.78, 5) is 26.4. The summed E-state index contributed by atoms with van der Waals surface area (Å²) in [5.74, 6) is 0.451. The molecule has 1 aliphatic rings. The van der Waals surface area contributed by atoms with E-state index in [2.05, 4.69) is 26.3 Å². The van der Waals surface area contributed by atoms with Crippen LogP contribution in [0.15, 0.2) is 67.1 Å². The van der Waals surface area contributed by atoms with E-state index >= 15 is 0 Å². The lowest BCUT2D eigenvalue weighted by Crippen LogP contribution is -2.26. The third-order valence-electron chi connectivity index (χ3n) is 5.25. The molecule has 0 saturated carbocycles. The Labute approximate surface area is 172 Å². The predicted octanol–water partition coefficient (Wildman–Crippen LogP) is 4.76. The highest BCUT2D eigenvalue weighted by Crippen LogP contribution is 2.40. The van der Waals surface area contributed by atoms with Crippen LogP contribution in [0.3, 0.4) is 0 Å². The number of nitro groups is 1. The van der Waals surface area contributed by atoms with Crippen molar-refractivity contribution in [3.63, 3.8) is 0 Å². The van der Waals surface area contributed by atoms with Crippen LogP contribution in [0.1, 0.15) is 12.0 Å². The minimum atomic E-state index is -0.418. The third-order valence-corrected chi connectivity index (χ3v) is 5.25. The average Bonchev–Trinajstić information content (AvgIpc) is 2.78. The maximum Gasteiger partial charge on any atom is 0.354 e. The van der Waals surface area contributed by atoms with Crippen LogP contribution in [0.2, 0.25) is 0 Å². The van der Waals surface area contributed by atoms with Gasteiger partial charge in [-0.1, -0.05) is 24.3 Å². The number of para-hydroxylation sites is 1. The lowest BCUT2D eigenvalue weighted by atomic mass is 10.0. The van der Waals surface area contributed by atoms with Gasteiger partial charge in [0.05, 0.1) is 10.4 Å². The van der Waals surface area contributed by atoms with E-state index in [9.17, 15) is 10.1 Å². The number of benzene rings is 2. The van der Waals surface area contributed by atoms with Crippen LogP contribution in [0.25, 0.3) is 10.9 Å². The molecule has 0 aliphatic carbocycles. The Bertz CT molecular complexity index is 1250. The fraction of sp³-hybridized carbons (Fsp3) is 0.136. The van der Waals surface area contributed by atoms with Crippen LogP contribution in [-0.2, 0) is 6.42 Å². The Hall–Kier alpha value is -4.07. The molecule has 1 aliphatic heterocycles. The van der Waals surface area contributed by atoms with Crippen molar-refractivity contribution in [3.05, 3.63) is 82.8 Å². The fourth-order valence-electron chi connectivity index (χ4n) is 3.92. The maximum atomic E-state index is 12.1. The standard InChI is InChI=1S/C22H18N6O2/c29-28(30)20-21(26-18-10-3-9-17-16(18)8-4-12-23-17)24-14-25-22(20)27-13-5-7-15-6-1-2-11-19(15)27/h1-4,6,8-12,14H,5,7,13H2,(H,24,25,26). The molecule has 2 aromatic heterocycles. The summed E-state index contributed by atoms with van der Waals surface area (Å²) in [5, 5.41) is 16.1. The number of aromatic nitrogens is 3. The normalized spacial score (nSPS) is 13.1. The lowest BCUT2D eigenvalue weighted by Gasteiger charge is -2.30. The summed E-state index contributed by atoms with van der Waals surface area (Å²) in [6, 6.07) is 17.3. The molecule has 0 radical (unpaired) electrons. The second kappa shape index (κ2) is 7.40. The zero-order valence-electron chi connectivity index (χ0n) is 16.0. The van der Waals surface area contributed by atoms with Gasteiger partial charge in [-0.15, -0.1) is 0 Å². The van der Waals surface area contributed by atoms with Crippen molar-refractivity contribution in [2.75, 3.05) is 16.8 Å². The van der Waals surface area contributed by atoms with Gasteiger partial charge in [0.15, 0.2) is 0 Å². The van der Waals surface area contributed by atoms with E-state index in [1.165, 1.54) is 6.33 Å². The first-order valence-corrected chi connectivity index (χ1v) is 9.68. The van der Waals surface area contributed by atoms with Gasteiger partial charge in [0.2, 0.25) is 11.6 Å². The molecule has 4 aromatic rings. The van der Waals surface area contributed by atoms with Crippen LogP contribution >= 0.6 is 0 Å². The summed E-state index contributed by atoms with van der Waals surface area (Å²) in [6.45, 7) is 0.659. The second-order valence-electron chi connectivity index (χ2n) is 7.04. The van der Waals surface area contributed by atoms with Gasteiger partial charge in [-0.3, -0.25) is 15.1 Å². The first-order valence-electron chi connectivity index (χ1n) is 9.68. The predicted molar refractivity (Wildman–Crippen MR) is 115 cm³/mol. The van der Waals surface area contributed by atoms with E-state index < -0.39 is 4.92 Å². The highest BCUT2D eigenvalue weighted by atomic mass is 16.6. The molecule has 0 spiro atoms. The Balaban J connectivity index is 1.62.